The van der Waals surface area contributed by atoms with Crippen molar-refractivity contribution in [2.24, 2.45) is 11.3 Å². The Hall–Kier alpha value is -0.720. The van der Waals surface area contributed by atoms with Gasteiger partial charge in [-0.3, -0.25) is 0 Å². The summed E-state index contributed by atoms with van der Waals surface area (Å²) in [6.45, 7) is 17.2. The zero-order chi connectivity index (χ0) is 13.1. The largest absolute Gasteiger partial charge is 0.382 e. The molecule has 1 saturated carbocycles. The van der Waals surface area contributed by atoms with Crippen molar-refractivity contribution in [2.45, 2.75) is 65.8 Å². The topological polar surface area (TPSA) is 12.0 Å². The minimum atomic E-state index is 0.305. The van der Waals surface area contributed by atoms with E-state index in [4.69, 9.17) is 0 Å². The zero-order valence-corrected chi connectivity index (χ0v) is 12.1. The summed E-state index contributed by atoms with van der Waals surface area (Å²) < 4.78 is 0. The third kappa shape index (κ3) is 4.97. The molecule has 1 atom stereocenters. The Morgan fingerprint density at radius 3 is 2.18 bits per heavy atom. The van der Waals surface area contributed by atoms with Gasteiger partial charge in [0.05, 0.1) is 0 Å². The summed E-state index contributed by atoms with van der Waals surface area (Å²) in [6, 6.07) is 0.437. The Kier molecular flexibility index (Phi) is 4.85. The van der Waals surface area contributed by atoms with Crippen molar-refractivity contribution in [3.05, 3.63) is 24.4 Å². The molecule has 1 N–H and O–H groups in total. The molecule has 1 fully saturated rings. The quantitative estimate of drug-likeness (QED) is 0.683. The second-order valence-corrected chi connectivity index (χ2v) is 6.85. The van der Waals surface area contributed by atoms with Crippen LogP contribution < -0.4 is 5.32 Å². The molecule has 0 radical (unpaired) electrons. The van der Waals surface area contributed by atoms with Crippen LogP contribution >= 0.6 is 0 Å². The molecular weight excluding hydrogens is 206 g/mol. The lowest BCUT2D eigenvalue weighted by Gasteiger charge is -2.29. The molecule has 17 heavy (non-hydrogen) atoms. The highest BCUT2D eigenvalue weighted by Crippen LogP contribution is 2.31. The van der Waals surface area contributed by atoms with Crippen LogP contribution in [0.15, 0.2) is 24.4 Å². The number of hydrogen-bond acceptors (Lipinski definition) is 1. The molecule has 1 nitrogen and oxygen atoms in total. The first-order chi connectivity index (χ1) is 7.79. The van der Waals surface area contributed by atoms with E-state index in [1.165, 1.54) is 31.3 Å². The molecule has 1 aliphatic carbocycles. The van der Waals surface area contributed by atoms with Crippen molar-refractivity contribution in [3.63, 3.8) is 0 Å². The lowest BCUT2D eigenvalue weighted by Crippen LogP contribution is -2.36. The lowest BCUT2D eigenvalue weighted by molar-refractivity contribution is 0.369. The summed E-state index contributed by atoms with van der Waals surface area (Å²) in [6.07, 6.45) is 6.47. The number of nitrogens with one attached hydrogen (secondary N) is 1. The number of hydrogen-bond donors (Lipinski definition) is 1. The van der Waals surface area contributed by atoms with Crippen molar-refractivity contribution < 1.29 is 0 Å². The first-order valence-electron chi connectivity index (χ1n) is 6.89. The van der Waals surface area contributed by atoms with Crippen molar-refractivity contribution in [1.29, 1.82) is 0 Å². The Balaban J connectivity index is 2.55. The van der Waals surface area contributed by atoms with E-state index in [1.54, 1.807) is 0 Å². The standard InChI is InChI=1S/C16H29N/c1-12(2)15(14-9-7-8-10-14)17-13(3)11-16(4,5)6/h14-15,17H,1,3,7-11H2,2,4-6H3. The van der Waals surface area contributed by atoms with Gasteiger partial charge in [0, 0.05) is 11.7 Å². The van der Waals surface area contributed by atoms with Gasteiger partial charge in [-0.15, -0.1) is 0 Å². The van der Waals surface area contributed by atoms with Gasteiger partial charge in [0.2, 0.25) is 0 Å². The van der Waals surface area contributed by atoms with Gasteiger partial charge in [-0.25, -0.2) is 0 Å². The van der Waals surface area contributed by atoms with Crippen molar-refractivity contribution in [2.75, 3.05) is 0 Å². The summed E-state index contributed by atoms with van der Waals surface area (Å²) in [5.41, 5.74) is 2.73. The van der Waals surface area contributed by atoms with Gasteiger partial charge in [0.15, 0.2) is 0 Å². The van der Waals surface area contributed by atoms with E-state index in [0.29, 0.717) is 11.5 Å². The molecule has 0 heterocycles. The average Bonchev–Trinajstić information content (AvgIpc) is 2.63. The molecule has 0 aromatic carbocycles. The van der Waals surface area contributed by atoms with Gasteiger partial charge in [-0.2, -0.15) is 0 Å². The summed E-state index contributed by atoms with van der Waals surface area (Å²) in [7, 11) is 0. The molecule has 0 aromatic heterocycles. The molecule has 0 aromatic rings. The molecular formula is C16H29N. The summed E-state index contributed by atoms with van der Waals surface area (Å²) in [4.78, 5) is 0. The minimum Gasteiger partial charge on any atom is -0.382 e. The highest BCUT2D eigenvalue weighted by molar-refractivity contribution is 5.11. The zero-order valence-electron chi connectivity index (χ0n) is 12.1. The first-order valence-corrected chi connectivity index (χ1v) is 6.89. The molecule has 1 aliphatic rings. The molecule has 1 heteroatoms. The second-order valence-electron chi connectivity index (χ2n) is 6.85. The maximum absolute atomic E-state index is 4.18. The van der Waals surface area contributed by atoms with Crippen LogP contribution in [-0.4, -0.2) is 6.04 Å². The second kappa shape index (κ2) is 5.75. The molecule has 98 valence electrons. The third-order valence-electron chi connectivity index (χ3n) is 3.51. The fourth-order valence-corrected chi connectivity index (χ4v) is 2.85. The van der Waals surface area contributed by atoms with Gasteiger partial charge in [-0.05, 0) is 37.5 Å². The van der Waals surface area contributed by atoms with Gasteiger partial charge in [0.25, 0.3) is 0 Å². The van der Waals surface area contributed by atoms with E-state index in [2.05, 4.69) is 46.2 Å². The van der Waals surface area contributed by atoms with Gasteiger partial charge in [-0.1, -0.05) is 52.3 Å². The molecule has 0 saturated heterocycles. The normalized spacial score (nSPS) is 19.1. The summed E-state index contributed by atoms with van der Waals surface area (Å²) in [5, 5.41) is 3.62. The van der Waals surface area contributed by atoms with E-state index in [1.807, 2.05) is 0 Å². The van der Waals surface area contributed by atoms with Crippen LogP contribution in [-0.2, 0) is 0 Å². The van der Waals surface area contributed by atoms with Crippen LogP contribution in [0.4, 0.5) is 0 Å². The SMILES string of the molecule is C=C(CC(C)(C)C)NC(C(=C)C)C1CCCC1. The molecule has 1 rings (SSSR count). The number of rotatable bonds is 5. The highest BCUT2D eigenvalue weighted by Gasteiger charge is 2.26. The minimum absolute atomic E-state index is 0.305. The maximum atomic E-state index is 4.18. The van der Waals surface area contributed by atoms with Crippen LogP contribution in [0.3, 0.4) is 0 Å². The monoisotopic (exact) mass is 235 g/mol. The molecule has 1 unspecified atom stereocenters. The van der Waals surface area contributed by atoms with Crippen LogP contribution in [0.5, 0.6) is 0 Å². The van der Waals surface area contributed by atoms with Crippen molar-refractivity contribution >= 4 is 0 Å². The smallest absolute Gasteiger partial charge is 0.0493 e. The lowest BCUT2D eigenvalue weighted by atomic mass is 9.88. The van der Waals surface area contributed by atoms with E-state index in [9.17, 15) is 0 Å². The van der Waals surface area contributed by atoms with Crippen molar-refractivity contribution in [3.8, 4) is 0 Å². The fourth-order valence-electron chi connectivity index (χ4n) is 2.85. The first kappa shape index (κ1) is 14.3. The molecule has 0 bridgehead atoms. The number of allylic oxidation sites excluding steroid dienone is 1. The Morgan fingerprint density at radius 2 is 1.76 bits per heavy atom. The maximum Gasteiger partial charge on any atom is 0.0493 e. The molecule has 0 spiro atoms. The predicted molar refractivity (Wildman–Crippen MR) is 76.9 cm³/mol. The molecule has 0 amide bonds. The Morgan fingerprint density at radius 1 is 1.24 bits per heavy atom. The van der Waals surface area contributed by atoms with Crippen molar-refractivity contribution in [1.82, 2.24) is 5.32 Å². The Bertz CT molecular complexity index is 276. The average molecular weight is 235 g/mol. The van der Waals surface area contributed by atoms with Gasteiger partial charge in [0.1, 0.15) is 0 Å². The van der Waals surface area contributed by atoms with E-state index < -0.39 is 0 Å². The van der Waals surface area contributed by atoms with Gasteiger partial charge < -0.3 is 5.32 Å². The summed E-state index contributed by atoms with van der Waals surface area (Å²) >= 11 is 0. The van der Waals surface area contributed by atoms with E-state index in [-0.39, 0.29) is 0 Å². The van der Waals surface area contributed by atoms with E-state index in [0.717, 1.165) is 18.0 Å². The summed E-state index contributed by atoms with van der Waals surface area (Å²) in [5.74, 6) is 0.768. The van der Waals surface area contributed by atoms with Gasteiger partial charge >= 0.3 is 0 Å². The van der Waals surface area contributed by atoms with Crippen LogP contribution in [0.2, 0.25) is 0 Å². The molecule has 0 aliphatic heterocycles. The van der Waals surface area contributed by atoms with Crippen LogP contribution in [0, 0.1) is 11.3 Å². The predicted octanol–water partition coefficient (Wildman–Crippen LogP) is 4.66. The third-order valence-corrected chi connectivity index (χ3v) is 3.51. The van der Waals surface area contributed by atoms with E-state index >= 15 is 0 Å². The highest BCUT2D eigenvalue weighted by atomic mass is 14.9. The fraction of sp³-hybridized carbons (Fsp3) is 0.750. The van der Waals surface area contributed by atoms with Crippen LogP contribution in [0.1, 0.15) is 59.8 Å². The van der Waals surface area contributed by atoms with Crippen LogP contribution in [0.25, 0.3) is 0 Å². The Labute approximate surface area is 107 Å².